The van der Waals surface area contributed by atoms with Crippen molar-refractivity contribution in [1.29, 1.82) is 5.26 Å². The quantitative estimate of drug-likeness (QED) is 0.216. The molecular formula is C30H26F3N3O4. The topological polar surface area (TPSA) is 93.3 Å². The van der Waals surface area contributed by atoms with Gasteiger partial charge in [-0.15, -0.1) is 0 Å². The fourth-order valence-electron chi connectivity index (χ4n) is 4.46. The molecule has 3 aromatic carbocycles. The van der Waals surface area contributed by atoms with E-state index < -0.39 is 23.9 Å². The number of nitriles is 1. The SMILES string of the molecule is COc1ccc2c(=O)n(CCNC(CCc3ccccc3)OC(=O)C(F)(F)F)c(C#N)c(-c3ccccc3)c2c1. The average molecular weight is 550 g/mol. The van der Waals surface area contributed by atoms with Crippen LogP contribution in [0.2, 0.25) is 0 Å². The standard InChI is InChI=1S/C30H26F3N3O4/c1-39-22-13-14-23-24(18-22)27(21-10-6-3-7-11-21)25(19-34)36(28(23)37)17-16-35-26(40-29(38)30(31,32)33)15-12-20-8-4-2-5-9-20/h2-11,13-14,18,26,35H,12,15-17H2,1H3. The number of nitrogens with one attached hydrogen (secondary N) is 1. The number of benzene rings is 3. The molecule has 206 valence electrons. The van der Waals surface area contributed by atoms with E-state index in [0.29, 0.717) is 34.1 Å². The average Bonchev–Trinajstić information content (AvgIpc) is 2.96. The number of aromatic nitrogens is 1. The summed E-state index contributed by atoms with van der Waals surface area (Å²) in [5.41, 5.74) is 1.74. The van der Waals surface area contributed by atoms with Crippen LogP contribution >= 0.6 is 0 Å². The molecule has 0 radical (unpaired) electrons. The van der Waals surface area contributed by atoms with Gasteiger partial charge in [-0.25, -0.2) is 4.79 Å². The van der Waals surface area contributed by atoms with Crippen LogP contribution in [-0.2, 0) is 22.5 Å². The highest BCUT2D eigenvalue weighted by Gasteiger charge is 2.42. The zero-order valence-corrected chi connectivity index (χ0v) is 21.6. The van der Waals surface area contributed by atoms with E-state index in [0.717, 1.165) is 5.56 Å². The van der Waals surface area contributed by atoms with E-state index in [1.54, 1.807) is 30.3 Å². The summed E-state index contributed by atoms with van der Waals surface area (Å²) in [6.45, 7) is -0.107. The van der Waals surface area contributed by atoms with Crippen LogP contribution in [0.15, 0.2) is 83.7 Å². The van der Waals surface area contributed by atoms with Crippen LogP contribution in [-0.4, -0.2) is 36.6 Å². The van der Waals surface area contributed by atoms with Gasteiger partial charge in [-0.1, -0.05) is 60.7 Å². The molecule has 7 nitrogen and oxygen atoms in total. The zero-order valence-electron chi connectivity index (χ0n) is 21.6. The summed E-state index contributed by atoms with van der Waals surface area (Å²) in [6, 6.07) is 25.2. The number of methoxy groups -OCH3 is 1. The van der Waals surface area contributed by atoms with Gasteiger partial charge in [-0.05, 0) is 35.7 Å². The summed E-state index contributed by atoms with van der Waals surface area (Å²) in [6.07, 6.45) is -6.00. The molecular weight excluding hydrogens is 523 g/mol. The number of carbonyl (C=O) groups excluding carboxylic acids is 1. The minimum Gasteiger partial charge on any atom is -0.497 e. The molecule has 0 saturated carbocycles. The molecule has 40 heavy (non-hydrogen) atoms. The number of rotatable bonds is 10. The minimum atomic E-state index is -5.15. The van der Waals surface area contributed by atoms with Crippen LogP contribution in [0, 0.1) is 11.3 Å². The van der Waals surface area contributed by atoms with Gasteiger partial charge in [0.1, 0.15) is 17.5 Å². The van der Waals surface area contributed by atoms with E-state index in [4.69, 9.17) is 9.47 Å². The number of alkyl halides is 3. The lowest BCUT2D eigenvalue weighted by Gasteiger charge is -2.21. The largest absolute Gasteiger partial charge is 0.497 e. The van der Waals surface area contributed by atoms with Gasteiger partial charge in [0.15, 0.2) is 6.23 Å². The predicted octanol–water partition coefficient (Wildman–Crippen LogP) is 5.20. The fourth-order valence-corrected chi connectivity index (χ4v) is 4.46. The number of halogens is 3. The Labute approximate surface area is 228 Å². The number of pyridine rings is 1. The van der Waals surface area contributed by atoms with Gasteiger partial charge in [-0.3, -0.25) is 14.7 Å². The Bertz CT molecular complexity index is 1580. The van der Waals surface area contributed by atoms with Gasteiger partial charge < -0.3 is 9.47 Å². The second-order valence-electron chi connectivity index (χ2n) is 8.94. The van der Waals surface area contributed by atoms with Crippen LogP contribution in [0.4, 0.5) is 13.2 Å². The molecule has 1 heterocycles. The van der Waals surface area contributed by atoms with Crippen LogP contribution < -0.4 is 15.6 Å². The molecule has 1 N–H and O–H groups in total. The number of hydrogen-bond acceptors (Lipinski definition) is 6. The van der Waals surface area contributed by atoms with Crippen molar-refractivity contribution >= 4 is 16.7 Å². The molecule has 1 atom stereocenters. The molecule has 0 aliphatic carbocycles. The third kappa shape index (κ3) is 6.50. The molecule has 10 heteroatoms. The number of fused-ring (bicyclic) bond motifs is 1. The lowest BCUT2D eigenvalue weighted by Crippen LogP contribution is -2.41. The predicted molar refractivity (Wildman–Crippen MR) is 144 cm³/mol. The van der Waals surface area contributed by atoms with Gasteiger partial charge in [0.05, 0.1) is 7.11 Å². The van der Waals surface area contributed by atoms with E-state index in [9.17, 15) is 28.0 Å². The molecule has 1 unspecified atom stereocenters. The molecule has 0 spiro atoms. The zero-order chi connectivity index (χ0) is 28.7. The second-order valence-corrected chi connectivity index (χ2v) is 8.94. The smallest absolute Gasteiger partial charge is 0.490 e. The molecule has 0 aliphatic heterocycles. The minimum absolute atomic E-state index is 0.0466. The molecule has 0 bridgehead atoms. The van der Waals surface area contributed by atoms with Crippen molar-refractivity contribution < 1.29 is 27.4 Å². The molecule has 0 saturated heterocycles. The number of ether oxygens (including phenoxy) is 2. The van der Waals surface area contributed by atoms with Gasteiger partial charge in [0, 0.05) is 35.8 Å². The number of esters is 1. The monoisotopic (exact) mass is 549 g/mol. The maximum atomic E-state index is 13.5. The normalized spacial score (nSPS) is 12.1. The van der Waals surface area contributed by atoms with Gasteiger partial charge in [-0.2, -0.15) is 18.4 Å². The second kappa shape index (κ2) is 12.5. The van der Waals surface area contributed by atoms with Crippen molar-refractivity contribution in [3.63, 3.8) is 0 Å². The summed E-state index contributed by atoms with van der Waals surface area (Å²) >= 11 is 0. The Hall–Kier alpha value is -4.62. The number of carbonyl (C=O) groups is 1. The highest BCUT2D eigenvalue weighted by Crippen LogP contribution is 2.32. The van der Waals surface area contributed by atoms with E-state index in [1.807, 2.05) is 48.5 Å². The van der Waals surface area contributed by atoms with Gasteiger partial charge in [0.2, 0.25) is 0 Å². The van der Waals surface area contributed by atoms with Crippen molar-refractivity contribution in [2.24, 2.45) is 0 Å². The lowest BCUT2D eigenvalue weighted by atomic mass is 9.97. The van der Waals surface area contributed by atoms with Crippen LogP contribution in [0.5, 0.6) is 5.75 Å². The van der Waals surface area contributed by atoms with Crippen LogP contribution in [0.25, 0.3) is 21.9 Å². The fraction of sp³-hybridized carbons (Fsp3) is 0.233. The molecule has 1 aromatic heterocycles. The highest BCUT2D eigenvalue weighted by atomic mass is 19.4. The summed E-state index contributed by atoms with van der Waals surface area (Å²) in [4.78, 5) is 25.1. The molecule has 0 fully saturated rings. The summed E-state index contributed by atoms with van der Waals surface area (Å²) in [5.74, 6) is -1.79. The van der Waals surface area contributed by atoms with Gasteiger partial charge in [0.25, 0.3) is 5.56 Å². The Kier molecular flexibility index (Phi) is 8.86. The maximum Gasteiger partial charge on any atom is 0.490 e. The first-order chi connectivity index (χ1) is 19.2. The third-order valence-corrected chi connectivity index (χ3v) is 6.37. The summed E-state index contributed by atoms with van der Waals surface area (Å²) in [7, 11) is 1.50. The maximum absolute atomic E-state index is 13.5. The van der Waals surface area contributed by atoms with Gasteiger partial charge >= 0.3 is 12.1 Å². The van der Waals surface area contributed by atoms with Crippen molar-refractivity contribution in [2.75, 3.05) is 13.7 Å². The number of aryl methyl sites for hydroxylation is 1. The summed E-state index contributed by atoms with van der Waals surface area (Å²) < 4.78 is 50.1. The highest BCUT2D eigenvalue weighted by molar-refractivity contribution is 5.99. The molecule has 0 amide bonds. The summed E-state index contributed by atoms with van der Waals surface area (Å²) in [5, 5.41) is 13.8. The first-order valence-corrected chi connectivity index (χ1v) is 12.5. The third-order valence-electron chi connectivity index (χ3n) is 6.37. The lowest BCUT2D eigenvalue weighted by molar-refractivity contribution is -0.206. The van der Waals surface area contributed by atoms with E-state index in [2.05, 4.69) is 11.4 Å². The van der Waals surface area contributed by atoms with E-state index in [1.165, 1.54) is 11.7 Å². The Balaban J connectivity index is 1.65. The van der Waals surface area contributed by atoms with Crippen molar-refractivity contribution in [2.45, 2.75) is 31.8 Å². The van der Waals surface area contributed by atoms with Crippen molar-refractivity contribution in [3.8, 4) is 22.9 Å². The number of nitrogens with zero attached hydrogens (tertiary/aromatic N) is 2. The Morgan fingerprint density at radius 1 is 1.02 bits per heavy atom. The Morgan fingerprint density at radius 2 is 1.70 bits per heavy atom. The van der Waals surface area contributed by atoms with Crippen LogP contribution in [0.1, 0.15) is 17.7 Å². The van der Waals surface area contributed by atoms with Crippen molar-refractivity contribution in [1.82, 2.24) is 9.88 Å². The first kappa shape index (κ1) is 28.4. The molecule has 4 aromatic rings. The van der Waals surface area contributed by atoms with E-state index in [-0.39, 0.29) is 25.2 Å². The molecule has 4 rings (SSSR count). The Morgan fingerprint density at radius 3 is 2.33 bits per heavy atom. The molecule has 0 aliphatic rings. The first-order valence-electron chi connectivity index (χ1n) is 12.5. The van der Waals surface area contributed by atoms with Crippen LogP contribution in [0.3, 0.4) is 0 Å². The van der Waals surface area contributed by atoms with E-state index >= 15 is 0 Å². The van der Waals surface area contributed by atoms with Crippen molar-refractivity contribution in [3.05, 3.63) is 100 Å². The number of hydrogen-bond donors (Lipinski definition) is 1.